The van der Waals surface area contributed by atoms with Gasteiger partial charge in [0.1, 0.15) is 12.4 Å². The van der Waals surface area contributed by atoms with Crippen LogP contribution in [-0.2, 0) is 22.6 Å². The largest absolute Gasteiger partial charge is 0.377 e. The van der Waals surface area contributed by atoms with Crippen molar-refractivity contribution in [3.05, 3.63) is 94.3 Å². The number of ether oxygens (including phenoxy) is 1. The molecule has 178 valence electrons. The van der Waals surface area contributed by atoms with E-state index in [4.69, 9.17) is 16.3 Å². The number of hydrogen-bond donors (Lipinski definition) is 1. The van der Waals surface area contributed by atoms with E-state index in [2.05, 4.69) is 5.32 Å². The Labute approximate surface area is 203 Å². The number of hydrogen-bond acceptors (Lipinski definition) is 4. The zero-order chi connectivity index (χ0) is 24.7. The number of halogens is 2. The standard InChI is InChI=1S/C26H27ClFN3O3/c1-30(2)24-13-12-21(29-26(33)22-6-4-5-7-23(22)27)14-19(24)16-31(25(32)17-34-3)15-18-8-10-20(28)11-9-18/h4-14H,15-17H2,1-3H3,(H,29,33). The van der Waals surface area contributed by atoms with Crippen LogP contribution in [0.25, 0.3) is 0 Å². The Morgan fingerprint density at radius 1 is 1.00 bits per heavy atom. The summed E-state index contributed by atoms with van der Waals surface area (Å²) in [4.78, 5) is 29.1. The van der Waals surface area contributed by atoms with Crippen molar-refractivity contribution in [2.75, 3.05) is 38.0 Å². The summed E-state index contributed by atoms with van der Waals surface area (Å²) >= 11 is 6.16. The highest BCUT2D eigenvalue weighted by atomic mass is 35.5. The van der Waals surface area contributed by atoms with Crippen molar-refractivity contribution in [3.63, 3.8) is 0 Å². The lowest BCUT2D eigenvalue weighted by Crippen LogP contribution is -2.33. The van der Waals surface area contributed by atoms with E-state index in [-0.39, 0.29) is 37.3 Å². The Morgan fingerprint density at radius 2 is 1.71 bits per heavy atom. The fraction of sp³-hybridized carbons (Fsp3) is 0.231. The Hall–Kier alpha value is -3.42. The Kier molecular flexibility index (Phi) is 8.62. The molecule has 34 heavy (non-hydrogen) atoms. The van der Waals surface area contributed by atoms with Gasteiger partial charge in [-0.15, -0.1) is 0 Å². The minimum absolute atomic E-state index is 0.0819. The highest BCUT2D eigenvalue weighted by Gasteiger charge is 2.18. The van der Waals surface area contributed by atoms with Crippen molar-refractivity contribution in [2.45, 2.75) is 13.1 Å². The molecule has 0 bridgehead atoms. The molecule has 2 amide bonds. The quantitative estimate of drug-likeness (QED) is 0.466. The molecule has 0 radical (unpaired) electrons. The maximum atomic E-state index is 13.3. The number of nitrogens with one attached hydrogen (secondary N) is 1. The molecule has 0 atom stereocenters. The first-order valence-corrected chi connectivity index (χ1v) is 11.0. The predicted molar refractivity (Wildman–Crippen MR) is 133 cm³/mol. The molecule has 3 rings (SSSR count). The van der Waals surface area contributed by atoms with Gasteiger partial charge in [0.15, 0.2) is 0 Å². The van der Waals surface area contributed by atoms with Crippen molar-refractivity contribution in [1.29, 1.82) is 0 Å². The molecule has 0 saturated heterocycles. The zero-order valence-electron chi connectivity index (χ0n) is 19.3. The summed E-state index contributed by atoms with van der Waals surface area (Å²) in [6.07, 6.45) is 0. The van der Waals surface area contributed by atoms with Crippen molar-refractivity contribution in [2.24, 2.45) is 0 Å². The topological polar surface area (TPSA) is 61.9 Å². The lowest BCUT2D eigenvalue weighted by molar-refractivity contribution is -0.136. The van der Waals surface area contributed by atoms with E-state index in [9.17, 15) is 14.0 Å². The molecule has 0 heterocycles. The van der Waals surface area contributed by atoms with E-state index in [1.165, 1.54) is 19.2 Å². The fourth-order valence-corrected chi connectivity index (χ4v) is 3.75. The van der Waals surface area contributed by atoms with Gasteiger partial charge in [-0.3, -0.25) is 9.59 Å². The maximum absolute atomic E-state index is 13.3. The number of benzene rings is 3. The van der Waals surface area contributed by atoms with Crippen molar-refractivity contribution < 1.29 is 18.7 Å². The summed E-state index contributed by atoms with van der Waals surface area (Å²) in [5.41, 5.74) is 3.46. The lowest BCUT2D eigenvalue weighted by atomic mass is 10.1. The van der Waals surface area contributed by atoms with E-state index in [1.807, 2.05) is 31.1 Å². The van der Waals surface area contributed by atoms with Gasteiger partial charge in [0.25, 0.3) is 5.91 Å². The number of carbonyl (C=O) groups excluding carboxylic acids is 2. The molecule has 0 aliphatic carbocycles. The minimum atomic E-state index is -0.338. The number of methoxy groups -OCH3 is 1. The van der Waals surface area contributed by atoms with Crippen LogP contribution in [0.5, 0.6) is 0 Å². The van der Waals surface area contributed by atoms with Crippen LogP contribution in [-0.4, -0.2) is 44.5 Å². The number of rotatable bonds is 9. The van der Waals surface area contributed by atoms with E-state index in [0.717, 1.165) is 16.8 Å². The summed E-state index contributed by atoms with van der Waals surface area (Å²) in [7, 11) is 5.27. The van der Waals surface area contributed by atoms with Gasteiger partial charge < -0.3 is 19.9 Å². The van der Waals surface area contributed by atoms with Gasteiger partial charge in [-0.1, -0.05) is 35.9 Å². The predicted octanol–water partition coefficient (Wildman–Crippen LogP) is 4.97. The number of nitrogens with zero attached hydrogens (tertiary/aromatic N) is 2. The van der Waals surface area contributed by atoms with E-state index in [0.29, 0.717) is 16.3 Å². The van der Waals surface area contributed by atoms with Crippen LogP contribution in [0.15, 0.2) is 66.7 Å². The van der Waals surface area contributed by atoms with Gasteiger partial charge in [-0.2, -0.15) is 0 Å². The highest BCUT2D eigenvalue weighted by Crippen LogP contribution is 2.26. The number of amides is 2. The van der Waals surface area contributed by atoms with Crippen molar-refractivity contribution in [1.82, 2.24) is 4.90 Å². The van der Waals surface area contributed by atoms with Crippen LogP contribution >= 0.6 is 11.6 Å². The second kappa shape index (κ2) is 11.6. The van der Waals surface area contributed by atoms with Crippen LogP contribution < -0.4 is 10.2 Å². The van der Waals surface area contributed by atoms with Crippen LogP contribution in [0, 0.1) is 5.82 Å². The molecular formula is C26H27ClFN3O3. The lowest BCUT2D eigenvalue weighted by Gasteiger charge is -2.26. The van der Waals surface area contributed by atoms with E-state index in [1.54, 1.807) is 47.4 Å². The Bertz CT molecular complexity index is 1150. The second-order valence-electron chi connectivity index (χ2n) is 7.98. The molecule has 0 unspecified atom stereocenters. The monoisotopic (exact) mass is 483 g/mol. The van der Waals surface area contributed by atoms with Crippen molar-refractivity contribution in [3.8, 4) is 0 Å². The smallest absolute Gasteiger partial charge is 0.257 e. The molecule has 3 aromatic carbocycles. The number of carbonyl (C=O) groups is 2. The van der Waals surface area contributed by atoms with Gasteiger partial charge in [-0.25, -0.2) is 4.39 Å². The van der Waals surface area contributed by atoms with Crippen LogP contribution in [0.1, 0.15) is 21.5 Å². The Balaban J connectivity index is 1.89. The SMILES string of the molecule is COCC(=O)N(Cc1ccc(F)cc1)Cc1cc(NC(=O)c2ccccc2Cl)ccc1N(C)C. The van der Waals surface area contributed by atoms with Crippen LogP contribution in [0.4, 0.5) is 15.8 Å². The molecule has 0 fully saturated rings. The maximum Gasteiger partial charge on any atom is 0.257 e. The summed E-state index contributed by atoms with van der Waals surface area (Å²) in [6, 6.07) is 18.4. The van der Waals surface area contributed by atoms with E-state index >= 15 is 0 Å². The van der Waals surface area contributed by atoms with Gasteiger partial charge in [0, 0.05) is 45.7 Å². The summed E-state index contributed by atoms with van der Waals surface area (Å²) in [6.45, 7) is 0.468. The first-order chi connectivity index (χ1) is 16.3. The summed E-state index contributed by atoms with van der Waals surface area (Å²) < 4.78 is 18.4. The molecule has 0 saturated carbocycles. The second-order valence-corrected chi connectivity index (χ2v) is 8.39. The minimum Gasteiger partial charge on any atom is -0.377 e. The molecule has 0 spiro atoms. The van der Waals surface area contributed by atoms with Gasteiger partial charge in [0.2, 0.25) is 5.91 Å². The Morgan fingerprint density at radius 3 is 2.35 bits per heavy atom. The molecule has 3 aromatic rings. The number of anilines is 2. The first-order valence-electron chi connectivity index (χ1n) is 10.7. The molecule has 8 heteroatoms. The summed E-state index contributed by atoms with van der Waals surface area (Å²) in [5.74, 6) is -0.870. The third-order valence-corrected chi connectivity index (χ3v) is 5.54. The van der Waals surface area contributed by atoms with Gasteiger partial charge in [0.05, 0.1) is 10.6 Å². The zero-order valence-corrected chi connectivity index (χ0v) is 20.1. The summed E-state index contributed by atoms with van der Waals surface area (Å²) in [5, 5.41) is 3.24. The first kappa shape index (κ1) is 25.2. The normalized spacial score (nSPS) is 10.6. The van der Waals surface area contributed by atoms with E-state index < -0.39 is 0 Å². The third kappa shape index (κ3) is 6.56. The molecule has 0 aromatic heterocycles. The highest BCUT2D eigenvalue weighted by molar-refractivity contribution is 6.34. The molecule has 6 nitrogen and oxygen atoms in total. The van der Waals surface area contributed by atoms with Crippen molar-refractivity contribution >= 4 is 34.8 Å². The average Bonchev–Trinajstić information content (AvgIpc) is 2.80. The van der Waals surface area contributed by atoms with Gasteiger partial charge in [-0.05, 0) is 53.6 Å². The van der Waals surface area contributed by atoms with Crippen LogP contribution in [0.2, 0.25) is 5.02 Å². The molecular weight excluding hydrogens is 457 g/mol. The van der Waals surface area contributed by atoms with Crippen LogP contribution in [0.3, 0.4) is 0 Å². The molecule has 0 aliphatic heterocycles. The third-order valence-electron chi connectivity index (χ3n) is 5.21. The average molecular weight is 484 g/mol. The molecule has 0 aliphatic rings. The fourth-order valence-electron chi connectivity index (χ4n) is 3.53. The molecule has 1 N–H and O–H groups in total. The van der Waals surface area contributed by atoms with Gasteiger partial charge >= 0.3 is 0 Å².